The molecule has 1 aromatic rings. The van der Waals surface area contributed by atoms with Crippen LogP contribution in [-0.2, 0) is 6.18 Å². The number of halogens is 5. The van der Waals surface area contributed by atoms with Crippen LogP contribution in [0.3, 0.4) is 0 Å². The number of benzene rings is 1. The standard InChI is InChI=1S/C7H3F5O/c8-3-1-2-4(9)6(13)5(3)7(10,11)12/h1-2,13H. The van der Waals surface area contributed by atoms with Gasteiger partial charge in [-0.25, -0.2) is 8.78 Å². The van der Waals surface area contributed by atoms with E-state index in [1.165, 1.54) is 0 Å². The van der Waals surface area contributed by atoms with Crippen molar-refractivity contribution in [1.82, 2.24) is 0 Å². The smallest absolute Gasteiger partial charge is 0.422 e. The second-order valence-corrected chi connectivity index (χ2v) is 2.25. The zero-order valence-corrected chi connectivity index (χ0v) is 5.99. The third-order valence-electron chi connectivity index (χ3n) is 1.36. The van der Waals surface area contributed by atoms with Crippen molar-refractivity contribution in [2.24, 2.45) is 0 Å². The molecule has 0 bridgehead atoms. The van der Waals surface area contributed by atoms with Crippen LogP contribution in [-0.4, -0.2) is 5.11 Å². The Kier molecular flexibility index (Phi) is 2.15. The van der Waals surface area contributed by atoms with Gasteiger partial charge in [0.1, 0.15) is 11.4 Å². The van der Waals surface area contributed by atoms with Gasteiger partial charge in [-0.3, -0.25) is 0 Å². The molecule has 0 unspecified atom stereocenters. The number of aromatic hydroxyl groups is 1. The lowest BCUT2D eigenvalue weighted by Crippen LogP contribution is -2.09. The number of hydrogen-bond acceptors (Lipinski definition) is 1. The highest BCUT2D eigenvalue weighted by molar-refractivity contribution is 5.36. The zero-order valence-electron chi connectivity index (χ0n) is 5.99. The van der Waals surface area contributed by atoms with E-state index in [1.54, 1.807) is 0 Å². The zero-order chi connectivity index (χ0) is 10.2. The van der Waals surface area contributed by atoms with Crippen molar-refractivity contribution in [2.45, 2.75) is 6.18 Å². The first-order valence-electron chi connectivity index (χ1n) is 3.08. The minimum absolute atomic E-state index is 0.303. The van der Waals surface area contributed by atoms with Crippen molar-refractivity contribution >= 4 is 0 Å². The van der Waals surface area contributed by atoms with E-state index >= 15 is 0 Å². The Morgan fingerprint density at radius 3 is 1.85 bits per heavy atom. The second kappa shape index (κ2) is 2.86. The molecule has 6 heteroatoms. The lowest BCUT2D eigenvalue weighted by atomic mass is 10.2. The number of phenols is 1. The van der Waals surface area contributed by atoms with E-state index in [1.807, 2.05) is 0 Å². The van der Waals surface area contributed by atoms with Crippen LogP contribution in [0.25, 0.3) is 0 Å². The van der Waals surface area contributed by atoms with Gasteiger partial charge < -0.3 is 5.11 Å². The van der Waals surface area contributed by atoms with Crippen LogP contribution in [0.5, 0.6) is 5.75 Å². The summed E-state index contributed by atoms with van der Waals surface area (Å²) in [7, 11) is 0. The molecule has 0 heterocycles. The van der Waals surface area contributed by atoms with Gasteiger partial charge in [-0.1, -0.05) is 0 Å². The molecule has 0 saturated heterocycles. The molecule has 1 nitrogen and oxygen atoms in total. The van der Waals surface area contributed by atoms with Crippen molar-refractivity contribution < 1.29 is 27.1 Å². The van der Waals surface area contributed by atoms with E-state index in [9.17, 15) is 22.0 Å². The molecule has 1 N–H and O–H groups in total. The summed E-state index contributed by atoms with van der Waals surface area (Å²) in [5, 5.41) is 8.58. The third-order valence-corrected chi connectivity index (χ3v) is 1.36. The molecule has 13 heavy (non-hydrogen) atoms. The summed E-state index contributed by atoms with van der Waals surface area (Å²) in [4.78, 5) is 0. The van der Waals surface area contributed by atoms with E-state index < -0.39 is 29.1 Å². The van der Waals surface area contributed by atoms with Crippen molar-refractivity contribution in [3.05, 3.63) is 29.3 Å². The maximum absolute atomic E-state index is 12.5. The lowest BCUT2D eigenvalue weighted by molar-refractivity contribution is -0.141. The molecule has 1 rings (SSSR count). The molecule has 0 radical (unpaired) electrons. The molecule has 0 aliphatic heterocycles. The molecule has 0 fully saturated rings. The lowest BCUT2D eigenvalue weighted by Gasteiger charge is -2.09. The molecule has 0 aliphatic rings. The molecule has 0 aromatic heterocycles. The number of rotatable bonds is 0. The predicted octanol–water partition coefficient (Wildman–Crippen LogP) is 2.69. The first kappa shape index (κ1) is 9.76. The van der Waals surface area contributed by atoms with Crippen LogP contribution in [0, 0.1) is 11.6 Å². The van der Waals surface area contributed by atoms with Crippen LogP contribution in [0.4, 0.5) is 22.0 Å². The highest BCUT2D eigenvalue weighted by atomic mass is 19.4. The fraction of sp³-hybridized carbons (Fsp3) is 0.143. The minimum atomic E-state index is -5.10. The Labute approximate surface area is 69.4 Å². The molecule has 72 valence electrons. The maximum Gasteiger partial charge on any atom is 0.422 e. The molecular weight excluding hydrogens is 195 g/mol. The van der Waals surface area contributed by atoms with Gasteiger partial charge in [-0.15, -0.1) is 0 Å². The van der Waals surface area contributed by atoms with Crippen LogP contribution in [0.2, 0.25) is 0 Å². The first-order valence-corrected chi connectivity index (χ1v) is 3.08. The van der Waals surface area contributed by atoms with Crippen molar-refractivity contribution in [3.8, 4) is 5.75 Å². The van der Waals surface area contributed by atoms with Gasteiger partial charge in [-0.2, -0.15) is 13.2 Å². The first-order chi connectivity index (χ1) is 5.84. The molecule has 0 spiro atoms. The van der Waals surface area contributed by atoms with E-state index in [4.69, 9.17) is 5.11 Å². The van der Waals surface area contributed by atoms with Gasteiger partial charge in [0.15, 0.2) is 11.6 Å². The van der Waals surface area contributed by atoms with Crippen molar-refractivity contribution in [2.75, 3.05) is 0 Å². The van der Waals surface area contributed by atoms with Crippen molar-refractivity contribution in [3.63, 3.8) is 0 Å². The Morgan fingerprint density at radius 1 is 1.00 bits per heavy atom. The highest BCUT2D eigenvalue weighted by Crippen LogP contribution is 2.38. The number of hydrogen-bond donors (Lipinski definition) is 1. The SMILES string of the molecule is Oc1c(F)ccc(F)c1C(F)(F)F. The Morgan fingerprint density at radius 2 is 1.46 bits per heavy atom. The normalized spacial score (nSPS) is 11.8. The summed E-state index contributed by atoms with van der Waals surface area (Å²) < 4.78 is 60.6. The van der Waals surface area contributed by atoms with Gasteiger partial charge in [0, 0.05) is 0 Å². The van der Waals surface area contributed by atoms with Crippen molar-refractivity contribution in [1.29, 1.82) is 0 Å². The minimum Gasteiger partial charge on any atom is -0.504 e. The monoisotopic (exact) mass is 198 g/mol. The number of phenolic OH excluding ortho intramolecular Hbond substituents is 1. The van der Waals surface area contributed by atoms with E-state index in [0.717, 1.165) is 0 Å². The van der Waals surface area contributed by atoms with Crippen LogP contribution in [0.15, 0.2) is 12.1 Å². The largest absolute Gasteiger partial charge is 0.504 e. The third kappa shape index (κ3) is 1.71. The fourth-order valence-electron chi connectivity index (χ4n) is 0.811. The summed E-state index contributed by atoms with van der Waals surface area (Å²) in [5.41, 5.74) is -1.98. The van der Waals surface area contributed by atoms with E-state index in [2.05, 4.69) is 0 Å². The van der Waals surface area contributed by atoms with Gasteiger partial charge in [0.25, 0.3) is 0 Å². The van der Waals surface area contributed by atoms with E-state index in [0.29, 0.717) is 12.1 Å². The van der Waals surface area contributed by atoms with E-state index in [-0.39, 0.29) is 0 Å². The van der Waals surface area contributed by atoms with Gasteiger partial charge in [0.2, 0.25) is 0 Å². The molecule has 0 amide bonds. The second-order valence-electron chi connectivity index (χ2n) is 2.25. The topological polar surface area (TPSA) is 20.2 Å². The molecular formula is C7H3F5O. The summed E-state index contributed by atoms with van der Waals surface area (Å²) in [5.74, 6) is -4.92. The summed E-state index contributed by atoms with van der Waals surface area (Å²) in [6.45, 7) is 0. The summed E-state index contributed by atoms with van der Waals surface area (Å²) in [6.07, 6.45) is -5.10. The average molecular weight is 198 g/mol. The quantitative estimate of drug-likeness (QED) is 0.635. The Balaban J connectivity index is 3.43. The average Bonchev–Trinajstić information content (AvgIpc) is 1.95. The molecule has 0 saturated carbocycles. The predicted molar refractivity (Wildman–Crippen MR) is 33.0 cm³/mol. The van der Waals surface area contributed by atoms with Gasteiger partial charge >= 0.3 is 6.18 Å². The van der Waals surface area contributed by atoms with Gasteiger partial charge in [0.05, 0.1) is 0 Å². The van der Waals surface area contributed by atoms with Crippen LogP contribution in [0.1, 0.15) is 5.56 Å². The molecule has 1 aromatic carbocycles. The molecule has 0 aliphatic carbocycles. The summed E-state index contributed by atoms with van der Waals surface area (Å²) >= 11 is 0. The Hall–Kier alpha value is -1.33. The number of alkyl halides is 3. The summed E-state index contributed by atoms with van der Waals surface area (Å²) in [6, 6.07) is 0.720. The Bertz CT molecular complexity index is 330. The highest BCUT2D eigenvalue weighted by Gasteiger charge is 2.38. The maximum atomic E-state index is 12.5. The molecule has 0 atom stereocenters. The van der Waals surface area contributed by atoms with Gasteiger partial charge in [-0.05, 0) is 12.1 Å². The van der Waals surface area contributed by atoms with Crippen LogP contribution < -0.4 is 0 Å². The van der Waals surface area contributed by atoms with Crippen LogP contribution >= 0.6 is 0 Å². The fourth-order valence-corrected chi connectivity index (χ4v) is 0.811.